The highest BCUT2D eigenvalue weighted by Crippen LogP contribution is 2.24. The predicted octanol–water partition coefficient (Wildman–Crippen LogP) is -0.561. The van der Waals surface area contributed by atoms with Crippen LogP contribution in [-0.2, 0) is 46.3 Å². The summed E-state index contributed by atoms with van der Waals surface area (Å²) < 4.78 is 10.8. The summed E-state index contributed by atoms with van der Waals surface area (Å²) in [6.45, 7) is 2.74. The highest BCUT2D eigenvalue weighted by molar-refractivity contribution is 5.97. The summed E-state index contributed by atoms with van der Waals surface area (Å²) in [7, 11) is 1.46. The third kappa shape index (κ3) is 10.1. The zero-order chi connectivity index (χ0) is 38.1. The molecule has 1 aromatic heterocycles. The van der Waals surface area contributed by atoms with Gasteiger partial charge in [0.1, 0.15) is 29.9 Å². The van der Waals surface area contributed by atoms with Crippen LogP contribution in [0.2, 0.25) is 0 Å². The van der Waals surface area contributed by atoms with E-state index in [0.717, 1.165) is 22.0 Å². The Morgan fingerprint density at radius 3 is 2.51 bits per heavy atom. The summed E-state index contributed by atoms with van der Waals surface area (Å²) >= 11 is 0. The molecule has 16 nitrogen and oxygen atoms in total. The van der Waals surface area contributed by atoms with Gasteiger partial charge in [-0.05, 0) is 56.0 Å². The number of fused-ring (bicyclic) bond motifs is 17. The molecule has 7 N–H and O–H groups in total. The zero-order valence-electron chi connectivity index (χ0n) is 30.0. The van der Waals surface area contributed by atoms with Gasteiger partial charge in [-0.3, -0.25) is 28.8 Å². The summed E-state index contributed by atoms with van der Waals surface area (Å²) in [4.78, 5) is 85.2. The largest absolute Gasteiger partial charge is 0.484 e. The number of hydrogen-bond acceptors (Lipinski definition) is 9. The number of benzene rings is 2. The van der Waals surface area contributed by atoms with Crippen molar-refractivity contribution in [2.24, 2.45) is 0 Å². The number of aliphatic hydroxyl groups excluding tert-OH is 1. The molecule has 284 valence electrons. The number of amides is 6. The summed E-state index contributed by atoms with van der Waals surface area (Å²) in [5.74, 6) is -3.16. The van der Waals surface area contributed by atoms with Gasteiger partial charge in [-0.1, -0.05) is 30.3 Å². The van der Waals surface area contributed by atoms with E-state index in [1.54, 1.807) is 30.5 Å². The van der Waals surface area contributed by atoms with Crippen molar-refractivity contribution in [2.45, 2.75) is 75.8 Å². The van der Waals surface area contributed by atoms with Crippen molar-refractivity contribution in [3.8, 4) is 5.75 Å². The molecule has 6 rings (SSSR count). The monoisotopic (exact) mass is 733 g/mol. The highest BCUT2D eigenvalue weighted by atomic mass is 16.5. The van der Waals surface area contributed by atoms with E-state index in [1.807, 2.05) is 24.3 Å². The summed E-state index contributed by atoms with van der Waals surface area (Å²) in [6, 6.07) is 8.96. The van der Waals surface area contributed by atoms with Crippen LogP contribution in [0.15, 0.2) is 54.7 Å². The molecule has 4 heterocycles. The predicted molar refractivity (Wildman–Crippen MR) is 192 cm³/mol. The van der Waals surface area contributed by atoms with Gasteiger partial charge in [0.2, 0.25) is 29.5 Å². The molecule has 0 radical (unpaired) electrons. The molecule has 3 aromatic rings. The molecule has 1 saturated heterocycles. The smallest absolute Gasteiger partial charge is 0.258 e. The van der Waals surface area contributed by atoms with Crippen molar-refractivity contribution >= 4 is 46.3 Å². The van der Waals surface area contributed by atoms with Crippen molar-refractivity contribution in [3.63, 3.8) is 0 Å². The number of nitrogens with one attached hydrogen (secondary N) is 6. The number of aliphatic hydroxyl groups is 1. The number of carbonyl (C=O) groups is 6. The van der Waals surface area contributed by atoms with Crippen molar-refractivity contribution in [1.82, 2.24) is 36.5 Å². The average Bonchev–Trinajstić information content (AvgIpc) is 3.75. The lowest BCUT2D eigenvalue weighted by Gasteiger charge is -2.30. The molecule has 2 bridgehead atoms. The third-order valence-electron chi connectivity index (χ3n) is 9.34. The number of methoxy groups -OCH3 is 1. The molecule has 6 amide bonds. The van der Waals surface area contributed by atoms with E-state index in [-0.39, 0.29) is 44.9 Å². The van der Waals surface area contributed by atoms with Crippen LogP contribution in [0.1, 0.15) is 37.8 Å². The molecular formula is C37H47N7O9. The molecule has 16 heteroatoms. The Balaban J connectivity index is 1.48. The maximum absolute atomic E-state index is 14.6. The molecule has 2 aromatic carbocycles. The molecule has 53 heavy (non-hydrogen) atoms. The standard InChI is InChI=1S/C37H47N7O9/c1-21-34(48)38-14-12-23-8-10-26(11-9-23)53-20-32(47)42-29(16-24-18-39-28-7-5-4-6-27(24)28)37(51)44-19-25(41-31(46)13-15-52-3)17-30(44)35(49)43-33(22(2)45)36(50)40-21/h4-11,18,21-22,25,29-30,33,39,45H,12-17,19-20H2,1-3H3,(H,38,48)(H,40,50)(H,41,46)(H,42,47)(H,43,49)/t21-,22+,25-,29+,30-,33-/m0/s1. The Hall–Kier alpha value is -5.48. The van der Waals surface area contributed by atoms with E-state index < -0.39 is 72.5 Å². The van der Waals surface area contributed by atoms with Gasteiger partial charge < -0.3 is 51.0 Å². The van der Waals surface area contributed by atoms with Crippen LogP contribution in [-0.4, -0.2) is 120 Å². The summed E-state index contributed by atoms with van der Waals surface area (Å²) in [5, 5.41) is 24.9. The number of aromatic nitrogens is 1. The lowest BCUT2D eigenvalue weighted by molar-refractivity contribution is -0.143. The van der Waals surface area contributed by atoms with Crippen LogP contribution in [0.3, 0.4) is 0 Å². The van der Waals surface area contributed by atoms with E-state index in [4.69, 9.17) is 9.47 Å². The summed E-state index contributed by atoms with van der Waals surface area (Å²) in [5.41, 5.74) is 2.46. The topological polar surface area (TPSA) is 220 Å². The Labute approximate surface area is 306 Å². The maximum Gasteiger partial charge on any atom is 0.258 e. The van der Waals surface area contributed by atoms with Gasteiger partial charge in [0.25, 0.3) is 5.91 Å². The van der Waals surface area contributed by atoms with Crippen LogP contribution in [0.25, 0.3) is 10.9 Å². The Morgan fingerprint density at radius 1 is 1.02 bits per heavy atom. The second kappa shape index (κ2) is 17.8. The number of H-pyrrole nitrogens is 1. The molecule has 1 fully saturated rings. The van der Waals surface area contributed by atoms with E-state index in [9.17, 15) is 33.9 Å². The van der Waals surface area contributed by atoms with Gasteiger partial charge >= 0.3 is 0 Å². The first kappa shape index (κ1) is 38.7. The van der Waals surface area contributed by atoms with Crippen molar-refractivity contribution in [2.75, 3.05) is 33.4 Å². The molecular weight excluding hydrogens is 686 g/mol. The fourth-order valence-corrected chi connectivity index (χ4v) is 6.49. The van der Waals surface area contributed by atoms with Gasteiger partial charge in [0, 0.05) is 56.2 Å². The Kier molecular flexibility index (Phi) is 13.0. The zero-order valence-corrected chi connectivity index (χ0v) is 30.0. The van der Waals surface area contributed by atoms with Gasteiger partial charge in [0.15, 0.2) is 6.61 Å². The number of nitrogens with zero attached hydrogens (tertiary/aromatic N) is 1. The van der Waals surface area contributed by atoms with Crippen LogP contribution < -0.4 is 31.3 Å². The first-order valence-electron chi connectivity index (χ1n) is 17.6. The van der Waals surface area contributed by atoms with Crippen LogP contribution in [0.4, 0.5) is 0 Å². The van der Waals surface area contributed by atoms with E-state index in [0.29, 0.717) is 12.2 Å². The summed E-state index contributed by atoms with van der Waals surface area (Å²) in [6.07, 6.45) is 0.933. The molecule has 3 aliphatic rings. The van der Waals surface area contributed by atoms with E-state index >= 15 is 0 Å². The van der Waals surface area contributed by atoms with E-state index in [1.165, 1.54) is 25.9 Å². The number of rotatable bonds is 7. The quantitative estimate of drug-likeness (QED) is 0.155. The van der Waals surface area contributed by atoms with Crippen LogP contribution >= 0.6 is 0 Å². The van der Waals surface area contributed by atoms with Gasteiger partial charge in [-0.25, -0.2) is 0 Å². The van der Waals surface area contributed by atoms with Gasteiger partial charge in [0.05, 0.1) is 12.7 Å². The minimum absolute atomic E-state index is 0.0177. The lowest BCUT2D eigenvalue weighted by Crippen LogP contribution is -2.60. The third-order valence-corrected chi connectivity index (χ3v) is 9.34. The van der Waals surface area contributed by atoms with Gasteiger partial charge in [-0.15, -0.1) is 0 Å². The molecule has 0 unspecified atom stereocenters. The number of ether oxygens (including phenoxy) is 2. The Bertz CT molecular complexity index is 1790. The minimum atomic E-state index is -1.49. The van der Waals surface area contributed by atoms with Gasteiger partial charge in [-0.2, -0.15) is 0 Å². The number of aromatic amines is 1. The van der Waals surface area contributed by atoms with Crippen molar-refractivity contribution in [1.29, 1.82) is 0 Å². The van der Waals surface area contributed by atoms with Crippen LogP contribution in [0.5, 0.6) is 5.75 Å². The first-order valence-corrected chi connectivity index (χ1v) is 17.6. The van der Waals surface area contributed by atoms with Crippen molar-refractivity contribution < 1.29 is 43.3 Å². The van der Waals surface area contributed by atoms with Crippen LogP contribution in [0, 0.1) is 0 Å². The number of hydrogen-bond donors (Lipinski definition) is 7. The van der Waals surface area contributed by atoms with E-state index in [2.05, 4.69) is 31.6 Å². The molecule has 0 aliphatic carbocycles. The second-order valence-electron chi connectivity index (χ2n) is 13.4. The minimum Gasteiger partial charge on any atom is -0.484 e. The normalized spacial score (nSPS) is 24.1. The fourth-order valence-electron chi connectivity index (χ4n) is 6.49. The molecule has 6 atom stereocenters. The lowest BCUT2D eigenvalue weighted by atomic mass is 10.0. The fraction of sp³-hybridized carbons (Fsp3) is 0.459. The highest BCUT2D eigenvalue weighted by Gasteiger charge is 2.44. The average molecular weight is 734 g/mol. The molecule has 3 aliphatic heterocycles. The second-order valence-corrected chi connectivity index (χ2v) is 13.4. The number of carbonyl (C=O) groups excluding carboxylic acids is 6. The molecule has 0 saturated carbocycles. The van der Waals surface area contributed by atoms with Crippen molar-refractivity contribution in [3.05, 3.63) is 65.9 Å². The Morgan fingerprint density at radius 2 is 1.77 bits per heavy atom. The molecule has 0 spiro atoms. The maximum atomic E-state index is 14.6. The number of para-hydroxylation sites is 1. The first-order chi connectivity index (χ1) is 25.4. The SMILES string of the molecule is COCCC(=O)N[C@H]1C[C@H]2C(=O)N[C@@H]([C@@H](C)O)C(=O)N[C@@H](C)C(=O)NCCc3ccc(cc3)OCC(=O)N[C@H](Cc3c[nH]c4ccccc34)C(=O)N2C1.